The van der Waals surface area contributed by atoms with E-state index in [1.807, 2.05) is 19.9 Å². The van der Waals surface area contributed by atoms with Gasteiger partial charge >= 0.3 is 0 Å². The highest BCUT2D eigenvalue weighted by molar-refractivity contribution is 6.35. The Balaban J connectivity index is 3.00. The molecular weight excluding hydrogens is 198 g/mol. The van der Waals surface area contributed by atoms with Crippen molar-refractivity contribution in [1.29, 1.82) is 0 Å². The van der Waals surface area contributed by atoms with Crippen LogP contribution in [0.3, 0.4) is 0 Å². The maximum absolute atomic E-state index is 9.62. The van der Waals surface area contributed by atoms with E-state index in [-0.39, 0.29) is 5.75 Å². The van der Waals surface area contributed by atoms with Gasteiger partial charge in [0.15, 0.2) is 0 Å². The minimum absolute atomic E-state index is 0.177. The number of hydrogen-bond acceptors (Lipinski definition) is 2. The fourth-order valence-electron chi connectivity index (χ4n) is 1.64. The van der Waals surface area contributed by atoms with Gasteiger partial charge in [0.1, 0.15) is 11.3 Å². The van der Waals surface area contributed by atoms with Gasteiger partial charge < -0.3 is 5.11 Å². The summed E-state index contributed by atoms with van der Waals surface area (Å²) in [5.41, 5.74) is 2.50. The van der Waals surface area contributed by atoms with Gasteiger partial charge in [-0.1, -0.05) is 11.6 Å². The molecule has 0 unspecified atom stereocenters. The Bertz CT molecular complexity index is 508. The maximum Gasteiger partial charge on any atom is 0.141 e. The molecule has 0 amide bonds. The SMILES string of the molecule is Cc1cc(C)c2c(Cl)ccc(O)c2n1. The standard InChI is InChI=1S/C11H10ClNO/c1-6-5-7(2)13-11-9(14)4-3-8(12)10(6)11/h3-5,14H,1-2H3. The Morgan fingerprint density at radius 2 is 2.00 bits per heavy atom. The lowest BCUT2D eigenvalue weighted by Gasteiger charge is -2.06. The van der Waals surface area contributed by atoms with E-state index in [4.69, 9.17) is 11.6 Å². The summed E-state index contributed by atoms with van der Waals surface area (Å²) in [4.78, 5) is 4.26. The monoisotopic (exact) mass is 207 g/mol. The van der Waals surface area contributed by atoms with Crippen molar-refractivity contribution in [2.45, 2.75) is 13.8 Å². The summed E-state index contributed by atoms with van der Waals surface area (Å²) in [6.45, 7) is 3.86. The molecule has 0 bridgehead atoms. The van der Waals surface area contributed by atoms with Crippen LogP contribution in [0.15, 0.2) is 18.2 Å². The third-order valence-corrected chi connectivity index (χ3v) is 2.53. The van der Waals surface area contributed by atoms with Crippen LogP contribution in [-0.2, 0) is 0 Å². The van der Waals surface area contributed by atoms with Crippen LogP contribution < -0.4 is 0 Å². The number of phenols is 1. The Kier molecular flexibility index (Phi) is 2.08. The van der Waals surface area contributed by atoms with E-state index in [0.717, 1.165) is 16.6 Å². The topological polar surface area (TPSA) is 33.1 Å². The summed E-state index contributed by atoms with van der Waals surface area (Å²) in [5.74, 6) is 0.177. The number of pyridine rings is 1. The average molecular weight is 208 g/mol. The first-order chi connectivity index (χ1) is 6.59. The summed E-state index contributed by atoms with van der Waals surface area (Å²) >= 11 is 6.04. The van der Waals surface area contributed by atoms with Gasteiger partial charge in [-0.05, 0) is 37.6 Å². The molecule has 2 nitrogen and oxygen atoms in total. The van der Waals surface area contributed by atoms with E-state index in [0.29, 0.717) is 10.5 Å². The van der Waals surface area contributed by atoms with Gasteiger partial charge in [-0.15, -0.1) is 0 Å². The zero-order valence-electron chi connectivity index (χ0n) is 8.00. The number of aryl methyl sites for hydroxylation is 2. The largest absolute Gasteiger partial charge is 0.506 e. The van der Waals surface area contributed by atoms with Crippen LogP contribution >= 0.6 is 11.6 Å². The minimum atomic E-state index is 0.177. The molecular formula is C11H10ClNO. The van der Waals surface area contributed by atoms with Gasteiger partial charge in [-0.25, -0.2) is 4.98 Å². The molecule has 72 valence electrons. The number of hydrogen-bond donors (Lipinski definition) is 1. The molecule has 2 aromatic rings. The van der Waals surface area contributed by atoms with Crippen molar-refractivity contribution >= 4 is 22.5 Å². The van der Waals surface area contributed by atoms with Crippen LogP contribution in [0.2, 0.25) is 5.02 Å². The number of nitrogens with zero attached hydrogens (tertiary/aromatic N) is 1. The Hall–Kier alpha value is -1.28. The molecule has 0 aliphatic rings. The summed E-state index contributed by atoms with van der Waals surface area (Å²) < 4.78 is 0. The molecule has 0 spiro atoms. The average Bonchev–Trinajstić information content (AvgIpc) is 2.10. The van der Waals surface area contributed by atoms with Crippen LogP contribution in [0.5, 0.6) is 5.75 Å². The fourth-order valence-corrected chi connectivity index (χ4v) is 1.94. The van der Waals surface area contributed by atoms with Gasteiger partial charge in [0.05, 0.1) is 5.02 Å². The second-order valence-corrected chi connectivity index (χ2v) is 3.78. The zero-order valence-corrected chi connectivity index (χ0v) is 8.76. The van der Waals surface area contributed by atoms with Crippen molar-refractivity contribution in [3.05, 3.63) is 34.5 Å². The normalized spacial score (nSPS) is 10.8. The first-order valence-corrected chi connectivity index (χ1v) is 4.73. The van der Waals surface area contributed by atoms with Crippen molar-refractivity contribution in [2.75, 3.05) is 0 Å². The lowest BCUT2D eigenvalue weighted by molar-refractivity contribution is 0.480. The number of fused-ring (bicyclic) bond motifs is 1. The highest BCUT2D eigenvalue weighted by atomic mass is 35.5. The number of aromatic hydroxyl groups is 1. The number of benzene rings is 1. The van der Waals surface area contributed by atoms with Crippen LogP contribution in [0.1, 0.15) is 11.3 Å². The molecule has 3 heteroatoms. The van der Waals surface area contributed by atoms with Crippen molar-refractivity contribution < 1.29 is 5.11 Å². The van der Waals surface area contributed by atoms with Crippen LogP contribution in [-0.4, -0.2) is 10.1 Å². The summed E-state index contributed by atoms with van der Waals surface area (Å²) in [6.07, 6.45) is 0. The molecule has 0 saturated carbocycles. The van der Waals surface area contributed by atoms with Crippen molar-refractivity contribution in [2.24, 2.45) is 0 Å². The molecule has 0 saturated heterocycles. The summed E-state index contributed by atoms with van der Waals surface area (Å²) in [6, 6.07) is 5.20. The van der Waals surface area contributed by atoms with Gasteiger partial charge in [-0.3, -0.25) is 0 Å². The molecule has 0 aliphatic carbocycles. The third kappa shape index (κ3) is 1.32. The van der Waals surface area contributed by atoms with E-state index < -0.39 is 0 Å². The van der Waals surface area contributed by atoms with Crippen LogP contribution in [0.4, 0.5) is 0 Å². The zero-order chi connectivity index (χ0) is 10.3. The van der Waals surface area contributed by atoms with E-state index in [1.165, 1.54) is 0 Å². The third-order valence-electron chi connectivity index (χ3n) is 2.21. The molecule has 2 rings (SSSR count). The summed E-state index contributed by atoms with van der Waals surface area (Å²) in [5, 5.41) is 11.1. The molecule has 0 atom stereocenters. The minimum Gasteiger partial charge on any atom is -0.506 e. The summed E-state index contributed by atoms with van der Waals surface area (Å²) in [7, 11) is 0. The second-order valence-electron chi connectivity index (χ2n) is 3.37. The number of phenolic OH excluding ortho intramolecular Hbond substituents is 1. The van der Waals surface area contributed by atoms with Crippen LogP contribution in [0, 0.1) is 13.8 Å². The quantitative estimate of drug-likeness (QED) is 0.720. The van der Waals surface area contributed by atoms with E-state index in [2.05, 4.69) is 4.98 Å². The highest BCUT2D eigenvalue weighted by Gasteiger charge is 2.08. The Morgan fingerprint density at radius 3 is 2.71 bits per heavy atom. The van der Waals surface area contributed by atoms with E-state index >= 15 is 0 Å². The van der Waals surface area contributed by atoms with Crippen molar-refractivity contribution in [1.82, 2.24) is 4.98 Å². The fraction of sp³-hybridized carbons (Fsp3) is 0.182. The molecule has 14 heavy (non-hydrogen) atoms. The lowest BCUT2D eigenvalue weighted by Crippen LogP contribution is -1.88. The molecule has 1 aromatic carbocycles. The predicted molar refractivity (Wildman–Crippen MR) is 57.9 cm³/mol. The van der Waals surface area contributed by atoms with Crippen molar-refractivity contribution in [3.63, 3.8) is 0 Å². The Labute approximate surface area is 87.2 Å². The van der Waals surface area contributed by atoms with E-state index in [1.54, 1.807) is 12.1 Å². The molecule has 0 aliphatic heterocycles. The molecule has 0 radical (unpaired) electrons. The van der Waals surface area contributed by atoms with Crippen LogP contribution in [0.25, 0.3) is 10.9 Å². The second kappa shape index (κ2) is 3.14. The lowest BCUT2D eigenvalue weighted by atomic mass is 10.1. The number of rotatable bonds is 0. The van der Waals surface area contributed by atoms with Gasteiger partial charge in [0, 0.05) is 11.1 Å². The first kappa shape index (κ1) is 9.28. The van der Waals surface area contributed by atoms with Gasteiger partial charge in [0.2, 0.25) is 0 Å². The smallest absolute Gasteiger partial charge is 0.141 e. The van der Waals surface area contributed by atoms with Crippen molar-refractivity contribution in [3.8, 4) is 5.75 Å². The maximum atomic E-state index is 9.62. The predicted octanol–water partition coefficient (Wildman–Crippen LogP) is 3.21. The molecule has 1 aromatic heterocycles. The first-order valence-electron chi connectivity index (χ1n) is 4.35. The number of halogens is 1. The number of aromatic nitrogens is 1. The molecule has 1 heterocycles. The van der Waals surface area contributed by atoms with E-state index in [9.17, 15) is 5.11 Å². The molecule has 1 N–H and O–H groups in total. The Morgan fingerprint density at radius 1 is 1.29 bits per heavy atom. The van der Waals surface area contributed by atoms with Gasteiger partial charge in [0.25, 0.3) is 0 Å². The van der Waals surface area contributed by atoms with Gasteiger partial charge in [-0.2, -0.15) is 0 Å². The highest BCUT2D eigenvalue weighted by Crippen LogP contribution is 2.31. The molecule has 0 fully saturated rings.